The van der Waals surface area contributed by atoms with E-state index in [1.165, 1.54) is 19.3 Å². The highest BCUT2D eigenvalue weighted by molar-refractivity contribution is 14.0. The third kappa shape index (κ3) is 4.63. The molecule has 82 valence electrons. The van der Waals surface area contributed by atoms with Gasteiger partial charge in [0.1, 0.15) is 0 Å². The summed E-state index contributed by atoms with van der Waals surface area (Å²) in [6.07, 6.45) is 6.00. The molecule has 0 fully saturated rings. The molecule has 0 aromatic heterocycles. The van der Waals surface area contributed by atoms with Crippen LogP contribution >= 0.6 is 24.0 Å². The summed E-state index contributed by atoms with van der Waals surface area (Å²) in [5.41, 5.74) is 6.44. The van der Waals surface area contributed by atoms with Gasteiger partial charge in [0.2, 0.25) is 0 Å². The lowest BCUT2D eigenvalue weighted by Crippen LogP contribution is -2.45. The van der Waals surface area contributed by atoms with Crippen molar-refractivity contribution in [2.75, 3.05) is 0 Å². The van der Waals surface area contributed by atoms with E-state index in [1.807, 2.05) is 0 Å². The van der Waals surface area contributed by atoms with E-state index >= 15 is 0 Å². The van der Waals surface area contributed by atoms with E-state index in [0.717, 1.165) is 18.8 Å². The lowest BCUT2D eigenvalue weighted by atomic mass is 9.76. The van der Waals surface area contributed by atoms with Crippen LogP contribution in [-0.4, -0.2) is 5.54 Å². The minimum atomic E-state index is 0. The number of nitrogens with two attached hydrogens (primary N) is 1. The van der Waals surface area contributed by atoms with E-state index in [-0.39, 0.29) is 29.5 Å². The van der Waals surface area contributed by atoms with E-state index < -0.39 is 0 Å². The summed E-state index contributed by atoms with van der Waals surface area (Å²) in [5, 5.41) is 0. The molecule has 0 aliphatic carbocycles. The molecule has 2 heteroatoms. The average Bonchev–Trinajstić information content (AvgIpc) is 2.13. The van der Waals surface area contributed by atoms with Crippen molar-refractivity contribution < 1.29 is 0 Å². The van der Waals surface area contributed by atoms with Gasteiger partial charge in [-0.25, -0.2) is 0 Å². The standard InChI is InChI=1S/C11H25N.HI/c1-5-9-10(6-2)11(12,7-3)8-4;/h10H,5-9,12H2,1-4H3;1H. The van der Waals surface area contributed by atoms with E-state index in [4.69, 9.17) is 5.73 Å². The van der Waals surface area contributed by atoms with Crippen molar-refractivity contribution >= 4 is 24.0 Å². The zero-order valence-corrected chi connectivity index (χ0v) is 11.9. The first-order valence-corrected chi connectivity index (χ1v) is 5.43. The van der Waals surface area contributed by atoms with Gasteiger partial charge in [-0.3, -0.25) is 0 Å². The maximum absolute atomic E-state index is 6.34. The Hall–Kier alpha value is 0.690. The molecule has 0 saturated carbocycles. The number of hydrogen-bond acceptors (Lipinski definition) is 1. The van der Waals surface area contributed by atoms with Crippen molar-refractivity contribution in [2.45, 2.75) is 65.3 Å². The van der Waals surface area contributed by atoms with E-state index in [9.17, 15) is 0 Å². The maximum Gasteiger partial charge on any atom is 0.0177 e. The highest BCUT2D eigenvalue weighted by Gasteiger charge is 2.28. The summed E-state index contributed by atoms with van der Waals surface area (Å²) >= 11 is 0. The van der Waals surface area contributed by atoms with Gasteiger partial charge in [-0.2, -0.15) is 0 Å². The number of hydrogen-bond donors (Lipinski definition) is 1. The minimum absolute atomic E-state index is 0. The molecule has 1 nitrogen and oxygen atoms in total. The van der Waals surface area contributed by atoms with Gasteiger partial charge in [0.15, 0.2) is 0 Å². The average molecular weight is 299 g/mol. The van der Waals surface area contributed by atoms with Crippen LogP contribution in [0, 0.1) is 5.92 Å². The molecule has 0 aliphatic heterocycles. The van der Waals surface area contributed by atoms with Crippen molar-refractivity contribution in [3.63, 3.8) is 0 Å². The van der Waals surface area contributed by atoms with Gasteiger partial charge in [0.25, 0.3) is 0 Å². The smallest absolute Gasteiger partial charge is 0.0177 e. The summed E-state index contributed by atoms with van der Waals surface area (Å²) < 4.78 is 0. The second-order valence-electron chi connectivity index (χ2n) is 3.83. The van der Waals surface area contributed by atoms with Crippen LogP contribution in [0.2, 0.25) is 0 Å². The first-order valence-electron chi connectivity index (χ1n) is 5.43. The molecule has 2 N–H and O–H groups in total. The summed E-state index contributed by atoms with van der Waals surface area (Å²) in [5.74, 6) is 0.720. The molecule has 0 bridgehead atoms. The molecule has 0 amide bonds. The highest BCUT2D eigenvalue weighted by atomic mass is 127. The Labute approximate surface area is 101 Å². The molecule has 0 aromatic carbocycles. The number of halogens is 1. The van der Waals surface area contributed by atoms with Gasteiger partial charge in [-0.1, -0.05) is 40.5 Å². The monoisotopic (exact) mass is 299 g/mol. The second-order valence-corrected chi connectivity index (χ2v) is 3.83. The van der Waals surface area contributed by atoms with E-state index in [0.29, 0.717) is 0 Å². The normalized spacial score (nSPS) is 13.6. The van der Waals surface area contributed by atoms with Gasteiger partial charge in [0.05, 0.1) is 0 Å². The van der Waals surface area contributed by atoms with Crippen molar-refractivity contribution in [3.8, 4) is 0 Å². The molecule has 0 saturated heterocycles. The molecule has 0 heterocycles. The van der Waals surface area contributed by atoms with Crippen LogP contribution in [0.3, 0.4) is 0 Å². The van der Waals surface area contributed by atoms with Crippen LogP contribution in [0.4, 0.5) is 0 Å². The molecule has 13 heavy (non-hydrogen) atoms. The highest BCUT2D eigenvalue weighted by Crippen LogP contribution is 2.28. The Kier molecular flexibility index (Phi) is 9.97. The van der Waals surface area contributed by atoms with Crippen LogP contribution in [0.1, 0.15) is 59.8 Å². The summed E-state index contributed by atoms with van der Waals surface area (Å²) in [6.45, 7) is 8.92. The molecular formula is C11H26IN. The molecule has 0 aliphatic rings. The zero-order valence-electron chi connectivity index (χ0n) is 9.60. The fourth-order valence-corrected chi connectivity index (χ4v) is 2.07. The van der Waals surface area contributed by atoms with E-state index in [1.54, 1.807) is 0 Å². The van der Waals surface area contributed by atoms with Crippen LogP contribution < -0.4 is 5.73 Å². The van der Waals surface area contributed by atoms with Gasteiger partial charge < -0.3 is 5.73 Å². The van der Waals surface area contributed by atoms with Gasteiger partial charge in [-0.15, -0.1) is 24.0 Å². The first kappa shape index (κ1) is 16.1. The largest absolute Gasteiger partial charge is 0.325 e. The third-order valence-corrected chi connectivity index (χ3v) is 3.26. The van der Waals surface area contributed by atoms with Crippen molar-refractivity contribution in [1.82, 2.24) is 0 Å². The Morgan fingerprint density at radius 2 is 1.54 bits per heavy atom. The van der Waals surface area contributed by atoms with Gasteiger partial charge >= 0.3 is 0 Å². The lowest BCUT2D eigenvalue weighted by molar-refractivity contribution is 0.229. The Morgan fingerprint density at radius 3 is 1.77 bits per heavy atom. The Balaban J connectivity index is 0. The summed E-state index contributed by atoms with van der Waals surface area (Å²) in [6, 6.07) is 0. The molecule has 0 radical (unpaired) electrons. The van der Waals surface area contributed by atoms with Crippen molar-refractivity contribution in [3.05, 3.63) is 0 Å². The van der Waals surface area contributed by atoms with Crippen LogP contribution in [-0.2, 0) is 0 Å². The van der Waals surface area contributed by atoms with Crippen LogP contribution in [0.15, 0.2) is 0 Å². The predicted molar refractivity (Wildman–Crippen MR) is 71.6 cm³/mol. The van der Waals surface area contributed by atoms with Crippen LogP contribution in [0.25, 0.3) is 0 Å². The van der Waals surface area contributed by atoms with Crippen LogP contribution in [0.5, 0.6) is 0 Å². The summed E-state index contributed by atoms with van der Waals surface area (Å²) in [7, 11) is 0. The first-order chi connectivity index (χ1) is 5.64. The molecule has 0 spiro atoms. The lowest BCUT2D eigenvalue weighted by Gasteiger charge is -2.35. The SMILES string of the molecule is CCCC(CC)C(N)(CC)CC.I. The molecule has 1 unspecified atom stereocenters. The van der Waals surface area contributed by atoms with Gasteiger partial charge in [-0.05, 0) is 25.2 Å². The molecular weight excluding hydrogens is 273 g/mol. The molecule has 0 aromatic rings. The molecule has 0 rings (SSSR count). The Morgan fingerprint density at radius 1 is 1.08 bits per heavy atom. The topological polar surface area (TPSA) is 26.0 Å². The van der Waals surface area contributed by atoms with E-state index in [2.05, 4.69) is 27.7 Å². The zero-order chi connectivity index (χ0) is 9.61. The maximum atomic E-state index is 6.34. The van der Waals surface area contributed by atoms with Crippen molar-refractivity contribution in [2.24, 2.45) is 11.7 Å². The summed E-state index contributed by atoms with van der Waals surface area (Å²) in [4.78, 5) is 0. The second kappa shape index (κ2) is 8.04. The quantitative estimate of drug-likeness (QED) is 0.738. The van der Waals surface area contributed by atoms with Gasteiger partial charge in [0, 0.05) is 5.54 Å². The predicted octanol–water partition coefficient (Wildman–Crippen LogP) is 3.95. The van der Waals surface area contributed by atoms with Crippen molar-refractivity contribution in [1.29, 1.82) is 0 Å². The minimum Gasteiger partial charge on any atom is -0.325 e. The third-order valence-electron chi connectivity index (χ3n) is 3.26. The fourth-order valence-electron chi connectivity index (χ4n) is 2.07. The Bertz CT molecular complexity index is 111. The fraction of sp³-hybridized carbons (Fsp3) is 1.00. The molecule has 1 atom stereocenters. The number of rotatable bonds is 6.